The third-order valence-corrected chi connectivity index (χ3v) is 4.93. The van der Waals surface area contributed by atoms with Crippen molar-refractivity contribution in [3.8, 4) is 0 Å². The maximum atomic E-state index is 13.1. The van der Waals surface area contributed by atoms with Crippen molar-refractivity contribution in [2.45, 2.75) is 27.2 Å². The van der Waals surface area contributed by atoms with Crippen LogP contribution in [0.1, 0.15) is 36.2 Å². The third kappa shape index (κ3) is 3.98. The third-order valence-electron chi connectivity index (χ3n) is 4.93. The molecule has 1 aliphatic rings. The fourth-order valence-corrected chi connectivity index (χ4v) is 3.82. The number of hydrogen-bond acceptors (Lipinski definition) is 3. The van der Waals surface area contributed by atoms with Crippen LogP contribution in [0.2, 0.25) is 0 Å². The highest BCUT2D eigenvalue weighted by Crippen LogP contribution is 2.33. The molecule has 0 radical (unpaired) electrons. The maximum absolute atomic E-state index is 13.1. The van der Waals surface area contributed by atoms with Gasteiger partial charge in [0.05, 0.1) is 11.4 Å². The van der Waals surface area contributed by atoms with Crippen LogP contribution in [0.4, 0.5) is 21.5 Å². The summed E-state index contributed by atoms with van der Waals surface area (Å²) in [5.74, 6) is 0.597. The second-order valence-electron chi connectivity index (χ2n) is 7.54. The van der Waals surface area contributed by atoms with E-state index < -0.39 is 0 Å². The Kier molecular flexibility index (Phi) is 5.16. The molecule has 3 rings (SSSR count). The monoisotopic (exact) mass is 355 g/mol. The lowest BCUT2D eigenvalue weighted by Gasteiger charge is -2.37. The van der Waals surface area contributed by atoms with Crippen LogP contribution in [0.15, 0.2) is 36.4 Å². The van der Waals surface area contributed by atoms with Gasteiger partial charge >= 0.3 is 0 Å². The van der Waals surface area contributed by atoms with Crippen LogP contribution in [-0.4, -0.2) is 19.0 Å². The smallest absolute Gasteiger partial charge is 0.255 e. The first-order valence-corrected chi connectivity index (χ1v) is 9.05. The first-order valence-electron chi connectivity index (χ1n) is 9.05. The van der Waals surface area contributed by atoms with Gasteiger partial charge in [-0.15, -0.1) is 0 Å². The van der Waals surface area contributed by atoms with E-state index in [1.165, 1.54) is 30.7 Å². The summed E-state index contributed by atoms with van der Waals surface area (Å²) in [6.07, 6.45) is 1.23. The van der Waals surface area contributed by atoms with Gasteiger partial charge in [-0.25, -0.2) is 4.39 Å². The lowest BCUT2D eigenvalue weighted by Crippen LogP contribution is -2.39. The van der Waals surface area contributed by atoms with E-state index in [9.17, 15) is 9.18 Å². The van der Waals surface area contributed by atoms with Crippen molar-refractivity contribution >= 4 is 23.0 Å². The van der Waals surface area contributed by atoms with Gasteiger partial charge in [-0.1, -0.05) is 13.8 Å². The number of carbonyl (C=O) groups excluding carboxylic acids is 1. The molecule has 0 aliphatic carbocycles. The SMILES string of the molecule is Cc1cc(N)c(NC(=O)c2ccc(F)cc2)cc1N1CC(C)CC(C)C1. The van der Waals surface area contributed by atoms with E-state index in [2.05, 4.69) is 24.1 Å². The van der Waals surface area contributed by atoms with Crippen molar-refractivity contribution in [2.75, 3.05) is 29.0 Å². The number of amides is 1. The van der Waals surface area contributed by atoms with Gasteiger partial charge in [0.15, 0.2) is 0 Å². The topological polar surface area (TPSA) is 58.4 Å². The van der Waals surface area contributed by atoms with Gasteiger partial charge in [0.1, 0.15) is 5.82 Å². The number of halogens is 1. The van der Waals surface area contributed by atoms with E-state index in [4.69, 9.17) is 5.73 Å². The summed E-state index contributed by atoms with van der Waals surface area (Å²) >= 11 is 0. The van der Waals surface area contributed by atoms with E-state index in [0.717, 1.165) is 24.3 Å². The van der Waals surface area contributed by atoms with Crippen LogP contribution in [-0.2, 0) is 0 Å². The van der Waals surface area contributed by atoms with Gasteiger partial charge < -0.3 is 16.0 Å². The second-order valence-corrected chi connectivity index (χ2v) is 7.54. The lowest BCUT2D eigenvalue weighted by atomic mass is 9.91. The molecule has 3 N–H and O–H groups in total. The predicted octanol–water partition coefficient (Wildman–Crippen LogP) is 4.45. The van der Waals surface area contributed by atoms with Gasteiger partial charge in [0.2, 0.25) is 0 Å². The number of rotatable bonds is 3. The number of aryl methyl sites for hydroxylation is 1. The summed E-state index contributed by atoms with van der Waals surface area (Å²) in [5, 5.41) is 2.86. The molecule has 0 aromatic heterocycles. The summed E-state index contributed by atoms with van der Waals surface area (Å²) in [7, 11) is 0. The highest BCUT2D eigenvalue weighted by molar-refractivity contribution is 6.06. The summed E-state index contributed by atoms with van der Waals surface area (Å²) < 4.78 is 13.1. The van der Waals surface area contributed by atoms with Crippen LogP contribution in [0.25, 0.3) is 0 Å². The number of nitrogens with two attached hydrogens (primary N) is 1. The van der Waals surface area contributed by atoms with Crippen molar-refractivity contribution < 1.29 is 9.18 Å². The van der Waals surface area contributed by atoms with Gasteiger partial charge in [0, 0.05) is 24.3 Å². The molecule has 1 amide bonds. The molecule has 2 aromatic carbocycles. The van der Waals surface area contributed by atoms with E-state index in [0.29, 0.717) is 28.8 Å². The molecule has 26 heavy (non-hydrogen) atoms. The van der Waals surface area contributed by atoms with E-state index in [-0.39, 0.29) is 11.7 Å². The van der Waals surface area contributed by atoms with Gasteiger partial charge in [-0.2, -0.15) is 0 Å². The number of hydrogen-bond donors (Lipinski definition) is 2. The molecule has 4 nitrogen and oxygen atoms in total. The van der Waals surface area contributed by atoms with Gasteiger partial charge in [-0.05, 0) is 67.1 Å². The zero-order chi connectivity index (χ0) is 18.8. The first-order chi connectivity index (χ1) is 12.3. The predicted molar refractivity (Wildman–Crippen MR) is 105 cm³/mol. The number of nitrogens with zero attached hydrogens (tertiary/aromatic N) is 1. The van der Waals surface area contributed by atoms with Crippen LogP contribution in [0.5, 0.6) is 0 Å². The van der Waals surface area contributed by atoms with Crippen molar-refractivity contribution in [3.05, 3.63) is 53.3 Å². The Labute approximate surface area is 154 Å². The van der Waals surface area contributed by atoms with E-state index in [1.807, 2.05) is 19.1 Å². The lowest BCUT2D eigenvalue weighted by molar-refractivity contribution is 0.102. The zero-order valence-corrected chi connectivity index (χ0v) is 15.6. The zero-order valence-electron chi connectivity index (χ0n) is 15.6. The number of nitrogens with one attached hydrogen (secondary N) is 1. The number of carbonyl (C=O) groups is 1. The molecular formula is C21H26FN3O. The fourth-order valence-electron chi connectivity index (χ4n) is 3.82. The van der Waals surface area contributed by atoms with Crippen LogP contribution >= 0.6 is 0 Å². The Morgan fingerprint density at radius 2 is 1.77 bits per heavy atom. The summed E-state index contributed by atoms with van der Waals surface area (Å²) in [6.45, 7) is 8.58. The minimum atomic E-state index is -0.368. The summed E-state index contributed by atoms with van der Waals surface area (Å²) in [4.78, 5) is 14.8. The molecular weight excluding hydrogens is 329 g/mol. The van der Waals surface area contributed by atoms with Crippen LogP contribution in [0, 0.1) is 24.6 Å². The van der Waals surface area contributed by atoms with Crippen molar-refractivity contribution in [3.63, 3.8) is 0 Å². The molecule has 0 saturated carbocycles. The largest absolute Gasteiger partial charge is 0.397 e. The number of piperidine rings is 1. The summed E-state index contributed by atoms with van der Waals surface area (Å²) in [5.41, 5.74) is 9.85. The molecule has 2 aromatic rings. The van der Waals surface area contributed by atoms with E-state index >= 15 is 0 Å². The highest BCUT2D eigenvalue weighted by Gasteiger charge is 2.24. The minimum Gasteiger partial charge on any atom is -0.397 e. The Bertz CT molecular complexity index is 794. The molecule has 0 spiro atoms. The number of nitrogen functional groups attached to an aromatic ring is 1. The highest BCUT2D eigenvalue weighted by atomic mass is 19.1. The van der Waals surface area contributed by atoms with E-state index in [1.54, 1.807) is 0 Å². The first kappa shape index (κ1) is 18.2. The molecule has 1 saturated heterocycles. The molecule has 5 heteroatoms. The second kappa shape index (κ2) is 7.36. The quantitative estimate of drug-likeness (QED) is 0.800. The molecule has 138 valence electrons. The molecule has 1 fully saturated rings. The Morgan fingerprint density at radius 1 is 1.15 bits per heavy atom. The van der Waals surface area contributed by atoms with Crippen molar-refractivity contribution in [2.24, 2.45) is 11.8 Å². The molecule has 1 heterocycles. The molecule has 1 aliphatic heterocycles. The summed E-state index contributed by atoms with van der Waals surface area (Å²) in [6, 6.07) is 9.33. The number of anilines is 3. The number of benzene rings is 2. The van der Waals surface area contributed by atoms with Crippen molar-refractivity contribution in [1.82, 2.24) is 0 Å². The van der Waals surface area contributed by atoms with Gasteiger partial charge in [0.25, 0.3) is 5.91 Å². The maximum Gasteiger partial charge on any atom is 0.255 e. The molecule has 2 atom stereocenters. The van der Waals surface area contributed by atoms with Gasteiger partial charge in [-0.3, -0.25) is 4.79 Å². The molecule has 0 bridgehead atoms. The Morgan fingerprint density at radius 3 is 2.38 bits per heavy atom. The molecule has 2 unspecified atom stereocenters. The normalized spacial score (nSPS) is 20.1. The average Bonchev–Trinajstić information content (AvgIpc) is 2.57. The fraction of sp³-hybridized carbons (Fsp3) is 0.381. The standard InChI is InChI=1S/C21H26FN3O/c1-13-8-14(2)12-25(11-13)20-10-19(18(23)9-15(20)3)24-21(26)16-4-6-17(22)7-5-16/h4-7,9-10,13-14H,8,11-12,23H2,1-3H3,(H,24,26). The Balaban J connectivity index is 1.86. The van der Waals surface area contributed by atoms with Crippen molar-refractivity contribution in [1.29, 1.82) is 0 Å². The Hall–Kier alpha value is -2.56. The minimum absolute atomic E-state index is 0.299. The average molecular weight is 355 g/mol. The van der Waals surface area contributed by atoms with Crippen LogP contribution in [0.3, 0.4) is 0 Å². The van der Waals surface area contributed by atoms with Crippen LogP contribution < -0.4 is 16.0 Å².